The number of rotatable bonds is 5. The molecule has 0 bridgehead atoms. The molecule has 0 spiro atoms. The highest BCUT2D eigenvalue weighted by Crippen LogP contribution is 2.37. The van der Waals surface area contributed by atoms with E-state index >= 15 is 0 Å². The van der Waals surface area contributed by atoms with E-state index in [0.29, 0.717) is 23.4 Å². The zero-order valence-electron chi connectivity index (χ0n) is 15.4. The van der Waals surface area contributed by atoms with Crippen LogP contribution in [-0.2, 0) is 9.53 Å². The van der Waals surface area contributed by atoms with E-state index < -0.39 is 5.97 Å². The molecule has 1 aliphatic carbocycles. The first kappa shape index (κ1) is 19.5. The van der Waals surface area contributed by atoms with Gasteiger partial charge in [0.2, 0.25) is 0 Å². The number of nitrogens with zero attached hydrogens (tertiary/aromatic N) is 1. The lowest BCUT2D eigenvalue weighted by Gasteiger charge is -2.20. The van der Waals surface area contributed by atoms with Gasteiger partial charge in [-0.1, -0.05) is 6.07 Å². The first-order chi connectivity index (χ1) is 12.9. The molecule has 5 nitrogen and oxygen atoms in total. The number of ketones is 1. The van der Waals surface area contributed by atoms with Crippen molar-refractivity contribution in [2.24, 2.45) is 4.99 Å². The van der Waals surface area contributed by atoms with Crippen molar-refractivity contribution in [2.45, 2.75) is 39.5 Å². The van der Waals surface area contributed by atoms with Crippen molar-refractivity contribution in [1.82, 2.24) is 0 Å². The molecule has 0 saturated heterocycles. The van der Waals surface area contributed by atoms with Gasteiger partial charge in [0.05, 0.1) is 17.7 Å². The highest BCUT2D eigenvalue weighted by atomic mass is 32.1. The Hall–Kier alpha value is -2.25. The third kappa shape index (κ3) is 4.04. The summed E-state index contributed by atoms with van der Waals surface area (Å²) in [7, 11) is 0. The van der Waals surface area contributed by atoms with Crippen LogP contribution in [0.5, 0.6) is 0 Å². The number of carbonyl (C=O) groups excluding carboxylic acids is 2. The van der Waals surface area contributed by atoms with Gasteiger partial charge in [0.25, 0.3) is 0 Å². The van der Waals surface area contributed by atoms with Gasteiger partial charge in [0.1, 0.15) is 10.8 Å². The number of aliphatic hydroxyl groups is 1. The third-order valence-electron chi connectivity index (χ3n) is 4.59. The van der Waals surface area contributed by atoms with Crippen LogP contribution in [0.15, 0.2) is 33.8 Å². The number of aliphatic imine (C=N–C) groups is 1. The second kappa shape index (κ2) is 8.19. The van der Waals surface area contributed by atoms with Crippen molar-refractivity contribution in [3.63, 3.8) is 0 Å². The number of carbonyl (C=O) groups is 2. The van der Waals surface area contributed by atoms with Crippen LogP contribution in [0.1, 0.15) is 51.4 Å². The quantitative estimate of drug-likeness (QED) is 0.545. The van der Waals surface area contributed by atoms with Gasteiger partial charge in [-0.15, -0.1) is 22.7 Å². The van der Waals surface area contributed by atoms with Crippen molar-refractivity contribution in [3.05, 3.63) is 49.7 Å². The van der Waals surface area contributed by atoms with Crippen LogP contribution >= 0.6 is 22.7 Å². The largest absolute Gasteiger partial charge is 0.511 e. The molecule has 7 heteroatoms. The molecule has 2 aromatic rings. The van der Waals surface area contributed by atoms with E-state index in [0.717, 1.165) is 15.3 Å². The molecule has 0 aliphatic heterocycles. The van der Waals surface area contributed by atoms with Gasteiger partial charge in [0, 0.05) is 34.7 Å². The van der Waals surface area contributed by atoms with Gasteiger partial charge < -0.3 is 9.84 Å². The number of hydrogen-bond donors (Lipinski definition) is 1. The topological polar surface area (TPSA) is 76.0 Å². The molecule has 2 heterocycles. The summed E-state index contributed by atoms with van der Waals surface area (Å²) in [6, 6.07) is 3.93. The summed E-state index contributed by atoms with van der Waals surface area (Å²) in [6.07, 6.45) is 2.15. The second-order valence-corrected chi connectivity index (χ2v) is 8.53. The molecule has 0 saturated carbocycles. The fourth-order valence-electron chi connectivity index (χ4n) is 3.05. The van der Waals surface area contributed by atoms with Crippen molar-refractivity contribution in [2.75, 3.05) is 6.61 Å². The summed E-state index contributed by atoms with van der Waals surface area (Å²) in [5.41, 5.74) is 1.48. The maximum absolute atomic E-state index is 12.5. The number of allylic oxidation sites excluding steroid dienone is 2. The van der Waals surface area contributed by atoms with Crippen LogP contribution in [0.3, 0.4) is 0 Å². The monoisotopic (exact) mass is 403 g/mol. The van der Waals surface area contributed by atoms with Gasteiger partial charge in [-0.25, -0.2) is 9.79 Å². The number of esters is 1. The van der Waals surface area contributed by atoms with Crippen LogP contribution in [0.4, 0.5) is 5.00 Å². The standard InChI is InChI=1S/C20H21NO4S2/c1-4-25-20(24)18-11(2)12(3)27-19(18)21-10-14-15(22)8-13(9-16(14)23)17-6-5-7-26-17/h5-7,10,13,22H,4,8-9H2,1-3H3/b21-10+. The van der Waals surface area contributed by atoms with E-state index in [1.807, 2.05) is 31.4 Å². The lowest BCUT2D eigenvalue weighted by Crippen LogP contribution is -2.18. The number of ether oxygens (including phenoxy) is 1. The van der Waals surface area contributed by atoms with Crippen LogP contribution in [-0.4, -0.2) is 29.7 Å². The molecule has 0 amide bonds. The number of hydrogen-bond acceptors (Lipinski definition) is 7. The summed E-state index contributed by atoms with van der Waals surface area (Å²) in [5.74, 6) is -0.493. The smallest absolute Gasteiger partial charge is 0.341 e. The highest BCUT2D eigenvalue weighted by Gasteiger charge is 2.28. The Morgan fingerprint density at radius 3 is 2.81 bits per heavy atom. The minimum Gasteiger partial charge on any atom is -0.511 e. The maximum Gasteiger partial charge on any atom is 0.341 e. The molecule has 2 aromatic heterocycles. The molecule has 1 N–H and O–H groups in total. The Morgan fingerprint density at radius 1 is 1.41 bits per heavy atom. The summed E-state index contributed by atoms with van der Waals surface area (Å²) < 4.78 is 5.12. The van der Waals surface area contributed by atoms with Crippen molar-refractivity contribution < 1.29 is 19.4 Å². The Balaban J connectivity index is 1.88. The van der Waals surface area contributed by atoms with E-state index in [1.165, 1.54) is 17.6 Å². The number of thiophene rings is 2. The predicted octanol–water partition coefficient (Wildman–Crippen LogP) is 5.26. The minimum atomic E-state index is -0.419. The van der Waals surface area contributed by atoms with Crippen molar-refractivity contribution in [3.8, 4) is 0 Å². The molecular formula is C20H21NO4S2. The highest BCUT2D eigenvalue weighted by molar-refractivity contribution is 7.16. The maximum atomic E-state index is 12.5. The minimum absolute atomic E-state index is 0.0102. The summed E-state index contributed by atoms with van der Waals surface area (Å²) in [6.45, 7) is 5.80. The second-order valence-electron chi connectivity index (χ2n) is 6.35. The molecule has 0 fully saturated rings. The molecule has 1 aliphatic rings. The third-order valence-corrected chi connectivity index (χ3v) is 6.74. The van der Waals surface area contributed by atoms with Crippen molar-refractivity contribution >= 4 is 45.6 Å². The van der Waals surface area contributed by atoms with Gasteiger partial charge in [-0.2, -0.15) is 0 Å². The van der Waals surface area contributed by atoms with E-state index in [-0.39, 0.29) is 29.6 Å². The molecule has 1 unspecified atom stereocenters. The normalized spacial score (nSPS) is 17.7. The number of aliphatic hydroxyl groups excluding tert-OH is 1. The van der Waals surface area contributed by atoms with Crippen LogP contribution in [0.2, 0.25) is 0 Å². The average molecular weight is 404 g/mol. The van der Waals surface area contributed by atoms with Crippen LogP contribution in [0, 0.1) is 13.8 Å². The van der Waals surface area contributed by atoms with Gasteiger partial charge in [0.15, 0.2) is 5.78 Å². The summed E-state index contributed by atoms with van der Waals surface area (Å²) in [4.78, 5) is 31.2. The fourth-order valence-corrected chi connectivity index (χ4v) is 4.87. The zero-order valence-corrected chi connectivity index (χ0v) is 17.1. The Morgan fingerprint density at radius 2 is 2.19 bits per heavy atom. The molecule has 0 aromatic carbocycles. The Bertz CT molecular complexity index is 922. The first-order valence-electron chi connectivity index (χ1n) is 8.72. The van der Waals surface area contributed by atoms with Gasteiger partial charge in [-0.3, -0.25) is 4.79 Å². The lowest BCUT2D eigenvalue weighted by atomic mass is 9.86. The molecule has 142 valence electrons. The Kier molecular flexibility index (Phi) is 5.92. The SMILES string of the molecule is CCOC(=O)c1c(/N=C/C2=C(O)CC(c3cccs3)CC2=O)sc(C)c1C. The van der Waals surface area contributed by atoms with E-state index in [9.17, 15) is 14.7 Å². The van der Waals surface area contributed by atoms with Gasteiger partial charge in [-0.05, 0) is 37.8 Å². The van der Waals surface area contributed by atoms with Crippen molar-refractivity contribution in [1.29, 1.82) is 0 Å². The van der Waals surface area contributed by atoms with E-state index in [2.05, 4.69) is 4.99 Å². The fraction of sp³-hybridized carbons (Fsp3) is 0.350. The molecule has 0 radical (unpaired) electrons. The zero-order chi connectivity index (χ0) is 19.6. The summed E-state index contributed by atoms with van der Waals surface area (Å²) >= 11 is 2.96. The number of aryl methyl sites for hydroxylation is 1. The molecule has 1 atom stereocenters. The van der Waals surface area contributed by atoms with Crippen LogP contribution in [0.25, 0.3) is 0 Å². The molecule has 3 rings (SSSR count). The van der Waals surface area contributed by atoms with Gasteiger partial charge >= 0.3 is 5.97 Å². The van der Waals surface area contributed by atoms with E-state index in [4.69, 9.17) is 4.74 Å². The summed E-state index contributed by atoms with van der Waals surface area (Å²) in [5, 5.41) is 12.9. The van der Waals surface area contributed by atoms with Crippen LogP contribution < -0.4 is 0 Å². The average Bonchev–Trinajstić information content (AvgIpc) is 3.23. The van der Waals surface area contributed by atoms with E-state index in [1.54, 1.807) is 18.3 Å². The first-order valence-corrected chi connectivity index (χ1v) is 10.4. The lowest BCUT2D eigenvalue weighted by molar-refractivity contribution is -0.116. The number of Topliss-reactive ketones (excluding diaryl/α,β-unsaturated/α-hetero) is 1. The molecular weight excluding hydrogens is 382 g/mol. The Labute approximate surface area is 166 Å². The molecule has 27 heavy (non-hydrogen) atoms. The predicted molar refractivity (Wildman–Crippen MR) is 109 cm³/mol.